The predicted octanol–water partition coefficient (Wildman–Crippen LogP) is 22.7. The van der Waals surface area contributed by atoms with Crippen LogP contribution in [0.1, 0.15) is 137 Å². The Morgan fingerprint density at radius 1 is 0.203 bits per heavy atom. The molecule has 0 radical (unpaired) electrons. The van der Waals surface area contributed by atoms with Gasteiger partial charge in [0.15, 0.2) is 0 Å². The molecule has 0 aliphatic carbocycles. The molecule has 9 aromatic carbocycles. The molecule has 6 N–H and O–H groups in total. The fourth-order valence-corrected chi connectivity index (χ4v) is 13.2. The molecule has 6 heterocycles. The second-order valence-electron chi connectivity index (χ2n) is 30.5. The number of hydrogen-bond acceptors (Lipinski definition) is 24. The number of halogens is 4. The van der Waals surface area contributed by atoms with E-state index in [9.17, 15) is 30.6 Å². The minimum atomic E-state index is -0.190. The van der Waals surface area contributed by atoms with Crippen LogP contribution in [-0.2, 0) is 94.3 Å². The van der Waals surface area contributed by atoms with Gasteiger partial charge in [0.25, 0.3) is 0 Å². The van der Waals surface area contributed by atoms with Gasteiger partial charge in [-0.15, -0.1) is 0 Å². The van der Waals surface area contributed by atoms with Crippen LogP contribution in [0.5, 0.6) is 34.5 Å². The zero-order valence-corrected chi connectivity index (χ0v) is 80.0. The van der Waals surface area contributed by atoms with Gasteiger partial charge in [0.2, 0.25) is 0 Å². The summed E-state index contributed by atoms with van der Waals surface area (Å²) in [6.45, 7) is 5.16. The van der Waals surface area contributed by atoms with Crippen molar-refractivity contribution in [2.75, 3.05) is 39.6 Å². The molecule has 0 aliphatic heterocycles. The molecule has 0 saturated carbocycles. The van der Waals surface area contributed by atoms with Crippen LogP contribution in [0.15, 0.2) is 395 Å². The van der Waals surface area contributed by atoms with Crippen LogP contribution in [0, 0.1) is 0 Å². The second-order valence-corrected chi connectivity index (χ2v) is 34.2. The number of hydrogen-bond donors (Lipinski definition) is 6. The topological polar surface area (TPSA) is 328 Å². The number of aromatic nitrogens is 6. The van der Waals surface area contributed by atoms with Crippen molar-refractivity contribution >= 4 is 77.7 Å². The first-order chi connectivity index (χ1) is 67.7. The van der Waals surface area contributed by atoms with Gasteiger partial charge < -0.3 is 59.1 Å². The molecule has 6 atom stereocenters. The first kappa shape index (κ1) is 105. The summed E-state index contributed by atoms with van der Waals surface area (Å²) in [6, 6.07) is 103. The summed E-state index contributed by atoms with van der Waals surface area (Å²) in [5.41, 5.74) is 16.6. The molecule has 24 nitrogen and oxygen atoms in total. The van der Waals surface area contributed by atoms with Crippen molar-refractivity contribution in [2.45, 2.75) is 75.9 Å². The third-order valence-corrected chi connectivity index (χ3v) is 20.4. The fourth-order valence-electron chi connectivity index (χ4n) is 13.2. The summed E-state index contributed by atoms with van der Waals surface area (Å²) < 4.78 is 36.4. The van der Waals surface area contributed by atoms with Gasteiger partial charge in [-0.25, -0.2) is 0 Å². The summed E-state index contributed by atoms with van der Waals surface area (Å²) in [7, 11) is 19.1. The normalized spacial score (nSPS) is 12.7. The first-order valence-electron chi connectivity index (χ1n) is 43.5. The van der Waals surface area contributed by atoms with Gasteiger partial charge in [0.1, 0.15) is 34.5 Å². The second kappa shape index (κ2) is 61.0. The van der Waals surface area contributed by atoms with E-state index in [-0.39, 0.29) is 97.0 Å². The molecular formula is C108H102Cl4Fe2N12O12. The molecule has 138 heavy (non-hydrogen) atoms. The van der Waals surface area contributed by atoms with Gasteiger partial charge in [-0.05, 0) is 140 Å². The van der Waals surface area contributed by atoms with Crippen molar-refractivity contribution in [1.82, 2.24) is 29.9 Å². The summed E-state index contributed by atoms with van der Waals surface area (Å²) in [5, 5.41) is 56.9. The molecule has 15 aromatic rings. The van der Waals surface area contributed by atoms with Crippen molar-refractivity contribution in [3.05, 3.63) is 466 Å². The Morgan fingerprint density at radius 2 is 0.333 bits per heavy atom. The van der Waals surface area contributed by atoms with Crippen molar-refractivity contribution in [3.63, 3.8) is 0 Å². The van der Waals surface area contributed by atoms with Crippen LogP contribution in [0.25, 0.3) is 0 Å². The van der Waals surface area contributed by atoms with Crippen molar-refractivity contribution < 1.29 is 85.3 Å². The molecule has 6 aromatic heterocycles. The Kier molecular flexibility index (Phi) is 46.5. The Morgan fingerprint density at radius 3 is 0.449 bits per heavy atom. The number of rotatable bonds is 42. The van der Waals surface area contributed by atoms with Crippen molar-refractivity contribution in [1.29, 1.82) is 0 Å². The summed E-state index contributed by atoms with van der Waals surface area (Å²) in [6.07, 6.45) is 18.6. The van der Waals surface area contributed by atoms with Crippen LogP contribution < -0.4 is 0 Å². The Hall–Kier alpha value is -13.3. The third kappa shape index (κ3) is 39.4. The Balaban J connectivity index is 0.000000193. The molecule has 0 saturated heterocycles. The van der Waals surface area contributed by atoms with Gasteiger partial charge in [-0.3, -0.25) is 59.9 Å². The monoisotopic (exact) mass is 2010 g/mol. The van der Waals surface area contributed by atoms with Gasteiger partial charge in [0, 0.05) is 37.3 Å². The SMILES string of the molecule is Oc1ccc(C=N[C@@H](COCc2ccc(COC[C@H](N=Cc3ccc(O)cn3)c3ccccc3)cc2)c2ccccc2)nc1.Oc1ccc(C=N[C@@H](COCc2ccc(COC[C@H](N=Cc3ccc(O)cn3)c3ccccc3)cc2)c2ccccc2)nc1.Oc1ccc(C=N[C@@H](COCc2ccc(COC[C@H](N=Cc3ccc(O)cn3)c3ccccc3)cc2)c2ccccc2)nc1.[Cl][Fe][Cl].[Cl][Fe][Cl]. The fraction of sp³-hybridized carbons (Fsp3) is 0.167. The van der Waals surface area contributed by atoms with E-state index in [0.717, 1.165) is 66.8 Å². The maximum absolute atomic E-state index is 9.48. The third-order valence-electron chi connectivity index (χ3n) is 20.4. The van der Waals surface area contributed by atoms with E-state index in [4.69, 9.17) is 98.8 Å². The number of ether oxygens (including phenoxy) is 6. The first-order valence-corrected chi connectivity index (χ1v) is 49.6. The molecule has 0 amide bonds. The Bertz CT molecular complexity index is 5130. The molecule has 0 spiro atoms. The quantitative estimate of drug-likeness (QED) is 0.0153. The van der Waals surface area contributed by atoms with Crippen LogP contribution >= 0.6 is 40.4 Å². The van der Waals surface area contributed by atoms with Gasteiger partial charge in [-0.1, -0.05) is 255 Å². The van der Waals surface area contributed by atoms with E-state index in [1.165, 1.54) is 37.2 Å². The average Bonchev–Trinajstić information content (AvgIpc) is 0.892. The van der Waals surface area contributed by atoms with Gasteiger partial charge in [0.05, 0.1) is 187 Å². The van der Waals surface area contributed by atoms with E-state index < -0.39 is 0 Å². The molecule has 710 valence electrons. The molecule has 15 rings (SSSR count). The van der Waals surface area contributed by atoms with Crippen LogP contribution in [0.2, 0.25) is 0 Å². The molecule has 30 heteroatoms. The average molecular weight is 2010 g/mol. The van der Waals surface area contributed by atoms with E-state index in [2.05, 4.69) is 29.9 Å². The molecular weight excluding hydrogens is 1910 g/mol. The zero-order valence-electron chi connectivity index (χ0n) is 74.8. The number of benzene rings is 9. The number of aromatic hydroxyl groups is 6. The van der Waals surface area contributed by atoms with Crippen LogP contribution in [0.3, 0.4) is 0 Å². The van der Waals surface area contributed by atoms with Crippen molar-refractivity contribution in [2.24, 2.45) is 30.0 Å². The summed E-state index contributed by atoms with van der Waals surface area (Å²) in [5.74, 6) is 0.711. The zero-order chi connectivity index (χ0) is 96.6. The van der Waals surface area contributed by atoms with E-state index in [1.807, 2.05) is 255 Å². The maximum atomic E-state index is 9.48. The molecule has 0 aliphatic rings. The number of nitrogens with zero attached hydrogens (tertiary/aromatic N) is 12. The number of pyridine rings is 6. The summed E-state index contributed by atoms with van der Waals surface area (Å²) in [4.78, 5) is 53.4. The van der Waals surface area contributed by atoms with Crippen LogP contribution in [0.4, 0.5) is 0 Å². The van der Waals surface area contributed by atoms with Crippen LogP contribution in [-0.4, -0.2) is 137 Å². The Labute approximate surface area is 832 Å². The van der Waals surface area contributed by atoms with Gasteiger partial charge in [-0.2, -0.15) is 0 Å². The predicted molar refractivity (Wildman–Crippen MR) is 537 cm³/mol. The van der Waals surface area contributed by atoms with E-state index in [0.29, 0.717) is 113 Å². The summed E-state index contributed by atoms with van der Waals surface area (Å²) >= 11 is 0.389. The molecule has 0 fully saturated rings. The minimum absolute atomic E-state index is 0.118. The van der Waals surface area contributed by atoms with E-state index >= 15 is 0 Å². The standard InChI is InChI=1S/3C36H34N4O4.4ClH.2Fe/c3*41-33-17-15-31(37-21-33)19-39-35(29-7-3-1-4-8-29)25-43-23-27-11-13-28(14-12-27)24-44-26-36(30-9-5-2-6-10-30)40-20-32-16-18-34(42)22-38-32;;;;;;/h3*1-22,35-36,41-42H,23-26H2;4*1H;;/q;;;;;;;2*+2/p-4/t3*35-,36-;;;;;;/m000....../s1. The van der Waals surface area contributed by atoms with E-state index in [1.54, 1.807) is 110 Å². The number of aliphatic imine (C=N–C) groups is 6. The van der Waals surface area contributed by atoms with Crippen molar-refractivity contribution in [3.8, 4) is 34.5 Å². The van der Waals surface area contributed by atoms with Gasteiger partial charge >= 0.3 is 66.7 Å². The molecule has 0 bridgehead atoms. The molecule has 0 unspecified atom stereocenters.